The van der Waals surface area contributed by atoms with Crippen molar-refractivity contribution in [2.45, 2.75) is 39.2 Å². The predicted octanol–water partition coefficient (Wildman–Crippen LogP) is 1.53. The summed E-state index contributed by atoms with van der Waals surface area (Å²) < 4.78 is 9.92. The standard InChI is InChI=1S/C11H18O4/c1-4-6-8(14-3)9-7(5-2)10(12)15-11(9)13/h7-9H,4-6H2,1-3H3. The first-order chi connectivity index (χ1) is 7.15. The lowest BCUT2D eigenvalue weighted by Gasteiger charge is -2.21. The molecule has 1 heterocycles. The average Bonchev–Trinajstić information content (AvgIpc) is 2.49. The number of rotatable bonds is 5. The van der Waals surface area contributed by atoms with Crippen molar-refractivity contribution in [1.29, 1.82) is 0 Å². The largest absolute Gasteiger partial charge is 0.393 e. The number of ether oxygens (including phenoxy) is 2. The number of esters is 2. The molecule has 3 atom stereocenters. The second-order valence-corrected chi connectivity index (χ2v) is 3.84. The zero-order chi connectivity index (χ0) is 11.4. The molecule has 0 radical (unpaired) electrons. The highest BCUT2D eigenvalue weighted by molar-refractivity contribution is 5.96. The average molecular weight is 214 g/mol. The van der Waals surface area contributed by atoms with Crippen molar-refractivity contribution in [3.63, 3.8) is 0 Å². The number of carbonyl (C=O) groups excluding carboxylic acids is 2. The highest BCUT2D eigenvalue weighted by atomic mass is 16.6. The van der Waals surface area contributed by atoms with Crippen molar-refractivity contribution in [3.05, 3.63) is 0 Å². The third kappa shape index (κ3) is 2.37. The van der Waals surface area contributed by atoms with Crippen LogP contribution >= 0.6 is 0 Å². The minimum absolute atomic E-state index is 0.195. The molecule has 0 aromatic rings. The first-order valence-electron chi connectivity index (χ1n) is 5.44. The van der Waals surface area contributed by atoms with Crippen molar-refractivity contribution < 1.29 is 19.1 Å². The molecule has 0 aromatic carbocycles. The molecule has 0 saturated carbocycles. The summed E-state index contributed by atoms with van der Waals surface area (Å²) in [5.74, 6) is -1.56. The van der Waals surface area contributed by atoms with E-state index in [1.165, 1.54) is 0 Å². The molecule has 0 amide bonds. The van der Waals surface area contributed by atoms with Crippen molar-refractivity contribution in [3.8, 4) is 0 Å². The summed E-state index contributed by atoms with van der Waals surface area (Å²) in [7, 11) is 1.57. The minimum Gasteiger partial charge on any atom is -0.393 e. The van der Waals surface area contributed by atoms with E-state index in [0.29, 0.717) is 6.42 Å². The van der Waals surface area contributed by atoms with E-state index < -0.39 is 17.9 Å². The summed E-state index contributed by atoms with van der Waals surface area (Å²) in [6.45, 7) is 3.91. The SMILES string of the molecule is CCCC(OC)C1C(=O)OC(=O)C1CC. The Morgan fingerprint density at radius 1 is 1.33 bits per heavy atom. The molecule has 0 aliphatic carbocycles. The van der Waals surface area contributed by atoms with Crippen molar-refractivity contribution in [1.82, 2.24) is 0 Å². The Morgan fingerprint density at radius 2 is 2.00 bits per heavy atom. The van der Waals surface area contributed by atoms with Gasteiger partial charge in [0.15, 0.2) is 0 Å². The number of methoxy groups -OCH3 is 1. The van der Waals surface area contributed by atoms with Gasteiger partial charge in [-0.3, -0.25) is 9.59 Å². The van der Waals surface area contributed by atoms with E-state index in [1.807, 2.05) is 13.8 Å². The van der Waals surface area contributed by atoms with Gasteiger partial charge in [-0.25, -0.2) is 0 Å². The molecule has 0 bridgehead atoms. The molecule has 3 unspecified atom stereocenters. The maximum atomic E-state index is 11.5. The summed E-state index contributed by atoms with van der Waals surface area (Å²) in [5.41, 5.74) is 0. The van der Waals surface area contributed by atoms with Crippen LogP contribution in [0.5, 0.6) is 0 Å². The summed E-state index contributed by atoms with van der Waals surface area (Å²) in [5, 5.41) is 0. The lowest BCUT2D eigenvalue weighted by Crippen LogP contribution is -2.31. The summed E-state index contributed by atoms with van der Waals surface area (Å²) in [4.78, 5) is 22.9. The molecule has 1 aliphatic rings. The van der Waals surface area contributed by atoms with Crippen LogP contribution in [0, 0.1) is 11.8 Å². The van der Waals surface area contributed by atoms with Gasteiger partial charge >= 0.3 is 11.9 Å². The Bertz CT molecular complexity index is 249. The fourth-order valence-electron chi connectivity index (χ4n) is 2.11. The van der Waals surface area contributed by atoms with E-state index in [4.69, 9.17) is 4.74 Å². The van der Waals surface area contributed by atoms with Gasteiger partial charge in [-0.15, -0.1) is 0 Å². The zero-order valence-corrected chi connectivity index (χ0v) is 9.49. The molecule has 15 heavy (non-hydrogen) atoms. The van der Waals surface area contributed by atoms with Crippen LogP contribution in [0.15, 0.2) is 0 Å². The molecule has 0 N–H and O–H groups in total. The maximum Gasteiger partial charge on any atom is 0.320 e. The monoisotopic (exact) mass is 214 g/mol. The van der Waals surface area contributed by atoms with Crippen LogP contribution in [0.4, 0.5) is 0 Å². The van der Waals surface area contributed by atoms with Crippen LogP contribution in [0.2, 0.25) is 0 Å². The fraction of sp³-hybridized carbons (Fsp3) is 0.818. The highest BCUT2D eigenvalue weighted by Gasteiger charge is 2.47. The molecule has 86 valence electrons. The smallest absolute Gasteiger partial charge is 0.320 e. The van der Waals surface area contributed by atoms with Crippen LogP contribution in [-0.2, 0) is 19.1 Å². The topological polar surface area (TPSA) is 52.6 Å². The lowest BCUT2D eigenvalue weighted by molar-refractivity contribution is -0.154. The molecule has 4 nitrogen and oxygen atoms in total. The van der Waals surface area contributed by atoms with Crippen LogP contribution in [0.25, 0.3) is 0 Å². The van der Waals surface area contributed by atoms with E-state index in [0.717, 1.165) is 12.8 Å². The Hall–Kier alpha value is -0.900. The molecule has 1 fully saturated rings. The van der Waals surface area contributed by atoms with Gasteiger partial charge in [0.05, 0.1) is 17.9 Å². The fourth-order valence-corrected chi connectivity index (χ4v) is 2.11. The molecular weight excluding hydrogens is 196 g/mol. The van der Waals surface area contributed by atoms with E-state index in [2.05, 4.69) is 4.74 Å². The second kappa shape index (κ2) is 5.26. The number of hydrogen-bond donors (Lipinski definition) is 0. The number of hydrogen-bond acceptors (Lipinski definition) is 4. The quantitative estimate of drug-likeness (QED) is 0.514. The minimum atomic E-state index is -0.424. The third-order valence-electron chi connectivity index (χ3n) is 2.93. The van der Waals surface area contributed by atoms with Crippen LogP contribution in [0.3, 0.4) is 0 Å². The van der Waals surface area contributed by atoms with Gasteiger partial charge in [-0.1, -0.05) is 20.3 Å². The maximum absolute atomic E-state index is 11.5. The van der Waals surface area contributed by atoms with E-state index in [9.17, 15) is 9.59 Å². The number of carbonyl (C=O) groups is 2. The Kier molecular flexibility index (Phi) is 4.27. The van der Waals surface area contributed by atoms with Gasteiger partial charge in [0, 0.05) is 7.11 Å². The Labute approximate surface area is 89.9 Å². The van der Waals surface area contributed by atoms with Gasteiger partial charge in [0.25, 0.3) is 0 Å². The van der Waals surface area contributed by atoms with Crippen molar-refractivity contribution >= 4 is 11.9 Å². The van der Waals surface area contributed by atoms with Crippen molar-refractivity contribution in [2.75, 3.05) is 7.11 Å². The first-order valence-corrected chi connectivity index (χ1v) is 5.44. The van der Waals surface area contributed by atoms with E-state index in [1.54, 1.807) is 7.11 Å². The van der Waals surface area contributed by atoms with Gasteiger partial charge in [-0.05, 0) is 12.8 Å². The lowest BCUT2D eigenvalue weighted by atomic mass is 9.86. The van der Waals surface area contributed by atoms with E-state index >= 15 is 0 Å². The Morgan fingerprint density at radius 3 is 2.47 bits per heavy atom. The molecule has 4 heteroatoms. The van der Waals surface area contributed by atoms with Crippen LogP contribution in [0.1, 0.15) is 33.1 Å². The van der Waals surface area contributed by atoms with Gasteiger partial charge < -0.3 is 9.47 Å². The molecule has 0 spiro atoms. The predicted molar refractivity (Wildman–Crippen MR) is 54.1 cm³/mol. The van der Waals surface area contributed by atoms with Gasteiger partial charge in [0.1, 0.15) is 0 Å². The molecule has 1 rings (SSSR count). The van der Waals surface area contributed by atoms with Gasteiger partial charge in [-0.2, -0.15) is 0 Å². The molecule has 1 aliphatic heterocycles. The summed E-state index contributed by atoms with van der Waals surface area (Å²) >= 11 is 0. The first kappa shape index (κ1) is 12.2. The van der Waals surface area contributed by atoms with Crippen molar-refractivity contribution in [2.24, 2.45) is 11.8 Å². The molecule has 1 saturated heterocycles. The summed E-state index contributed by atoms with van der Waals surface area (Å²) in [6.07, 6.45) is 2.13. The van der Waals surface area contributed by atoms with Crippen LogP contribution < -0.4 is 0 Å². The zero-order valence-electron chi connectivity index (χ0n) is 9.49. The number of cyclic esters (lactones) is 2. The summed E-state index contributed by atoms with van der Waals surface area (Å²) in [6, 6.07) is 0. The third-order valence-corrected chi connectivity index (χ3v) is 2.93. The van der Waals surface area contributed by atoms with Crippen LogP contribution in [-0.4, -0.2) is 25.2 Å². The molecule has 0 aromatic heterocycles. The molecular formula is C11H18O4. The second-order valence-electron chi connectivity index (χ2n) is 3.84. The van der Waals surface area contributed by atoms with Gasteiger partial charge in [0.2, 0.25) is 0 Å². The van der Waals surface area contributed by atoms with E-state index in [-0.39, 0.29) is 12.0 Å². The highest BCUT2D eigenvalue weighted by Crippen LogP contribution is 2.32. The Balaban J connectivity index is 2.80. The normalized spacial score (nSPS) is 27.9.